The summed E-state index contributed by atoms with van der Waals surface area (Å²) < 4.78 is 11.8. The van der Waals surface area contributed by atoms with E-state index in [0.29, 0.717) is 22.9 Å². The lowest BCUT2D eigenvalue weighted by Crippen LogP contribution is -2.15. The van der Waals surface area contributed by atoms with Crippen LogP contribution in [-0.4, -0.2) is 19.3 Å². The van der Waals surface area contributed by atoms with Gasteiger partial charge in [-0.25, -0.2) is 0 Å². The average molecular weight is 477 g/mol. The van der Waals surface area contributed by atoms with Crippen LogP contribution < -0.4 is 14.8 Å². The first-order chi connectivity index (χ1) is 14.0. The molecule has 3 rings (SSSR count). The number of rotatable bonds is 8. The van der Waals surface area contributed by atoms with E-state index in [1.165, 1.54) is 0 Å². The third kappa shape index (κ3) is 5.66. The summed E-state index contributed by atoms with van der Waals surface area (Å²) in [7, 11) is 3.22. The number of anilines is 1. The molecule has 0 aliphatic carbocycles. The summed E-state index contributed by atoms with van der Waals surface area (Å²) >= 11 is 9.44. The van der Waals surface area contributed by atoms with E-state index < -0.39 is 6.10 Å². The molecule has 0 heterocycles. The van der Waals surface area contributed by atoms with Crippen LogP contribution in [0.2, 0.25) is 5.02 Å². The number of hydrogen-bond acceptors (Lipinski definition) is 4. The van der Waals surface area contributed by atoms with Gasteiger partial charge in [0.25, 0.3) is 0 Å². The van der Waals surface area contributed by atoms with Crippen LogP contribution in [0.1, 0.15) is 29.7 Å². The number of halogens is 2. The second kappa shape index (κ2) is 10.0. The topological polar surface area (TPSA) is 50.7 Å². The first kappa shape index (κ1) is 21.5. The first-order valence-electron chi connectivity index (χ1n) is 9.17. The van der Waals surface area contributed by atoms with Crippen LogP contribution in [0.25, 0.3) is 0 Å². The lowest BCUT2D eigenvalue weighted by Gasteiger charge is -2.24. The summed E-state index contributed by atoms with van der Waals surface area (Å²) in [5, 5.41) is 15.0. The summed E-state index contributed by atoms with van der Waals surface area (Å²) in [6, 6.07) is 20.8. The van der Waals surface area contributed by atoms with Gasteiger partial charge in [-0.2, -0.15) is 0 Å². The summed E-state index contributed by atoms with van der Waals surface area (Å²) in [5.41, 5.74) is 2.75. The van der Waals surface area contributed by atoms with E-state index in [1.807, 2.05) is 66.7 Å². The van der Waals surface area contributed by atoms with Gasteiger partial charge in [-0.1, -0.05) is 45.7 Å². The van der Waals surface area contributed by atoms with Gasteiger partial charge in [0.1, 0.15) is 0 Å². The van der Waals surface area contributed by atoms with Crippen molar-refractivity contribution in [2.75, 3.05) is 19.5 Å². The molecule has 0 bridgehead atoms. The minimum Gasteiger partial charge on any atom is -0.493 e. The highest BCUT2D eigenvalue weighted by Gasteiger charge is 2.20. The molecule has 0 radical (unpaired) electrons. The highest BCUT2D eigenvalue weighted by molar-refractivity contribution is 9.10. The van der Waals surface area contributed by atoms with Crippen LogP contribution in [0.4, 0.5) is 5.69 Å². The summed E-state index contributed by atoms with van der Waals surface area (Å²) in [6.45, 7) is 0. The molecule has 0 spiro atoms. The molecule has 4 nitrogen and oxygen atoms in total. The van der Waals surface area contributed by atoms with E-state index in [4.69, 9.17) is 21.1 Å². The Hall–Kier alpha value is -2.21. The number of aliphatic hydroxyl groups is 1. The fraction of sp³-hybridized carbons (Fsp3) is 0.217. The third-order valence-electron chi connectivity index (χ3n) is 4.71. The smallest absolute Gasteiger partial charge is 0.161 e. The molecule has 152 valence electrons. The number of methoxy groups -OCH3 is 2. The van der Waals surface area contributed by atoms with Crippen molar-refractivity contribution >= 4 is 33.2 Å². The molecule has 3 aromatic carbocycles. The normalized spacial score (nSPS) is 12.9. The van der Waals surface area contributed by atoms with Gasteiger partial charge < -0.3 is 19.9 Å². The Morgan fingerprint density at radius 3 is 2.14 bits per heavy atom. The van der Waals surface area contributed by atoms with Crippen LogP contribution in [-0.2, 0) is 0 Å². The van der Waals surface area contributed by atoms with Crippen molar-refractivity contribution in [3.8, 4) is 11.5 Å². The van der Waals surface area contributed by atoms with E-state index in [0.717, 1.165) is 21.3 Å². The van der Waals surface area contributed by atoms with Crippen molar-refractivity contribution in [1.29, 1.82) is 0 Å². The number of aliphatic hydroxyl groups excluding tert-OH is 1. The van der Waals surface area contributed by atoms with E-state index in [2.05, 4.69) is 21.2 Å². The van der Waals surface area contributed by atoms with Crippen molar-refractivity contribution in [2.45, 2.75) is 18.6 Å². The largest absolute Gasteiger partial charge is 0.493 e. The Kier molecular flexibility index (Phi) is 7.42. The van der Waals surface area contributed by atoms with E-state index in [-0.39, 0.29) is 6.04 Å². The predicted octanol–water partition coefficient (Wildman–Crippen LogP) is 6.40. The van der Waals surface area contributed by atoms with Crippen molar-refractivity contribution in [1.82, 2.24) is 0 Å². The molecule has 0 saturated heterocycles. The van der Waals surface area contributed by atoms with Crippen LogP contribution >= 0.6 is 27.5 Å². The molecule has 2 atom stereocenters. The van der Waals surface area contributed by atoms with Crippen molar-refractivity contribution in [2.24, 2.45) is 0 Å². The van der Waals surface area contributed by atoms with E-state index >= 15 is 0 Å². The Bertz CT molecular complexity index is 932. The fourth-order valence-electron chi connectivity index (χ4n) is 3.14. The number of nitrogens with one attached hydrogen (secondary N) is 1. The summed E-state index contributed by atoms with van der Waals surface area (Å²) in [4.78, 5) is 0. The molecule has 0 aliphatic rings. The van der Waals surface area contributed by atoms with Gasteiger partial charge in [0.05, 0.1) is 26.4 Å². The molecule has 0 fully saturated rings. The fourth-order valence-corrected chi connectivity index (χ4v) is 3.53. The molecular weight excluding hydrogens is 454 g/mol. The zero-order valence-electron chi connectivity index (χ0n) is 16.2. The van der Waals surface area contributed by atoms with Gasteiger partial charge in [-0.15, -0.1) is 0 Å². The summed E-state index contributed by atoms with van der Waals surface area (Å²) in [5.74, 6) is 1.31. The SMILES string of the molecule is COc1ccc(C(CC(O)c2ccc(Br)cc2)Nc2ccc(Cl)cc2)cc1OC. The highest BCUT2D eigenvalue weighted by Crippen LogP contribution is 2.35. The molecule has 2 unspecified atom stereocenters. The second-order valence-electron chi connectivity index (χ2n) is 6.62. The Balaban J connectivity index is 1.90. The summed E-state index contributed by atoms with van der Waals surface area (Å²) in [6.07, 6.45) is -0.166. The van der Waals surface area contributed by atoms with Gasteiger partial charge >= 0.3 is 0 Å². The maximum atomic E-state index is 10.9. The third-order valence-corrected chi connectivity index (χ3v) is 5.49. The molecule has 0 aliphatic heterocycles. The van der Waals surface area contributed by atoms with E-state index in [9.17, 15) is 5.11 Å². The van der Waals surface area contributed by atoms with Crippen LogP contribution in [0.3, 0.4) is 0 Å². The van der Waals surface area contributed by atoms with Crippen molar-refractivity contribution in [3.63, 3.8) is 0 Å². The first-order valence-corrected chi connectivity index (χ1v) is 10.3. The van der Waals surface area contributed by atoms with Gasteiger partial charge in [0.2, 0.25) is 0 Å². The van der Waals surface area contributed by atoms with Crippen LogP contribution in [0, 0.1) is 0 Å². The molecular formula is C23H23BrClNO3. The minimum absolute atomic E-state index is 0.158. The van der Waals surface area contributed by atoms with Gasteiger partial charge in [-0.3, -0.25) is 0 Å². The lowest BCUT2D eigenvalue weighted by atomic mass is 9.96. The number of hydrogen-bond donors (Lipinski definition) is 2. The maximum absolute atomic E-state index is 10.9. The predicted molar refractivity (Wildman–Crippen MR) is 121 cm³/mol. The monoisotopic (exact) mass is 475 g/mol. The highest BCUT2D eigenvalue weighted by atomic mass is 79.9. The quantitative estimate of drug-likeness (QED) is 0.395. The van der Waals surface area contributed by atoms with Gasteiger partial charge in [-0.05, 0) is 59.7 Å². The molecule has 0 amide bonds. The molecule has 29 heavy (non-hydrogen) atoms. The Morgan fingerprint density at radius 2 is 1.52 bits per heavy atom. The molecule has 0 aromatic heterocycles. The maximum Gasteiger partial charge on any atom is 0.161 e. The molecule has 2 N–H and O–H groups in total. The second-order valence-corrected chi connectivity index (χ2v) is 7.97. The molecule has 3 aromatic rings. The van der Waals surface area contributed by atoms with Gasteiger partial charge in [0, 0.05) is 21.6 Å². The number of ether oxygens (including phenoxy) is 2. The Labute approximate surface area is 184 Å². The minimum atomic E-state index is -0.638. The van der Waals surface area contributed by atoms with Crippen molar-refractivity contribution < 1.29 is 14.6 Å². The van der Waals surface area contributed by atoms with Gasteiger partial charge in [0.15, 0.2) is 11.5 Å². The lowest BCUT2D eigenvalue weighted by molar-refractivity contribution is 0.160. The zero-order valence-corrected chi connectivity index (χ0v) is 18.6. The van der Waals surface area contributed by atoms with E-state index in [1.54, 1.807) is 14.2 Å². The van der Waals surface area contributed by atoms with Crippen LogP contribution in [0.5, 0.6) is 11.5 Å². The molecule has 6 heteroatoms. The molecule has 0 saturated carbocycles. The number of benzene rings is 3. The standard InChI is InChI=1S/C23H23BrClNO3/c1-28-22-12-5-16(13-23(22)29-2)20(26-19-10-8-18(25)9-11-19)14-21(27)15-3-6-17(24)7-4-15/h3-13,20-21,26-27H,14H2,1-2H3. The average Bonchev–Trinajstić information content (AvgIpc) is 2.74. The Morgan fingerprint density at radius 1 is 0.897 bits per heavy atom. The van der Waals surface area contributed by atoms with Crippen molar-refractivity contribution in [3.05, 3.63) is 87.4 Å². The van der Waals surface area contributed by atoms with Crippen LogP contribution in [0.15, 0.2) is 71.2 Å². The zero-order chi connectivity index (χ0) is 20.8.